The minimum Gasteiger partial charge on any atom is -0.309 e. The van der Waals surface area contributed by atoms with Crippen LogP contribution in [0.25, 0.3) is 71.6 Å². The second kappa shape index (κ2) is 13.0. The number of hydrogen-bond donors (Lipinski definition) is 0. The first-order valence-corrected chi connectivity index (χ1v) is 21.2. The van der Waals surface area contributed by atoms with Crippen molar-refractivity contribution in [3.8, 4) is 39.1 Å². The summed E-state index contributed by atoms with van der Waals surface area (Å²) >= 11 is 0. The molecule has 0 N–H and O–H groups in total. The molecule has 0 unspecified atom stereocenters. The normalized spacial score (nSPS) is 13.0. The van der Waals surface area contributed by atoms with Gasteiger partial charge in [0.2, 0.25) is 0 Å². The molecule has 11 aromatic rings. The van der Waals surface area contributed by atoms with Crippen molar-refractivity contribution in [2.75, 3.05) is 4.90 Å². The van der Waals surface area contributed by atoms with Crippen LogP contribution in [0.1, 0.15) is 22.3 Å². The Morgan fingerprint density at radius 3 is 1.70 bits per heavy atom. The minimum atomic E-state index is -0.444. The predicted octanol–water partition coefficient (Wildman–Crippen LogP) is 15.4. The highest BCUT2D eigenvalue weighted by Gasteiger charge is 2.50. The third kappa shape index (κ3) is 4.73. The van der Waals surface area contributed by atoms with Gasteiger partial charge in [-0.3, -0.25) is 0 Å². The highest BCUT2D eigenvalue weighted by molar-refractivity contribution is 6.14. The molecule has 0 fully saturated rings. The Kier molecular flexibility index (Phi) is 7.26. The molecule has 1 spiro atoms. The molecular weight excluding hydrogens is 737 g/mol. The zero-order chi connectivity index (χ0) is 40.1. The second-order valence-electron chi connectivity index (χ2n) is 16.4. The first-order chi connectivity index (χ1) is 30.3. The highest BCUT2D eigenvalue weighted by atomic mass is 15.1. The van der Waals surface area contributed by atoms with Gasteiger partial charge in [0.25, 0.3) is 0 Å². The quantitative estimate of drug-likeness (QED) is 0.169. The summed E-state index contributed by atoms with van der Waals surface area (Å²) in [5.41, 5.74) is 19.4. The van der Waals surface area contributed by atoms with Crippen LogP contribution in [0.3, 0.4) is 0 Å². The molecule has 61 heavy (non-hydrogen) atoms. The maximum absolute atomic E-state index is 2.54. The van der Waals surface area contributed by atoms with E-state index in [-0.39, 0.29) is 0 Å². The number of fused-ring (bicyclic) bond motifs is 13. The molecule has 2 heteroatoms. The van der Waals surface area contributed by atoms with Crippen LogP contribution in [0, 0.1) is 0 Å². The van der Waals surface area contributed by atoms with Gasteiger partial charge < -0.3 is 9.47 Å². The summed E-state index contributed by atoms with van der Waals surface area (Å²) < 4.78 is 2.54. The van der Waals surface area contributed by atoms with Gasteiger partial charge in [-0.25, -0.2) is 0 Å². The SMILES string of the molecule is c1ccc(-c2ccc(-c3ccccc3N(c3ccc4c(c3)c3cccc5c3n4-c3ccccc3C53c4ccccc4-c4ccccc43)c3cccc4ccccc34)cc2)cc1. The lowest BCUT2D eigenvalue weighted by Gasteiger charge is -2.39. The average molecular weight is 775 g/mol. The molecule has 2 nitrogen and oxygen atoms in total. The molecule has 1 aromatic heterocycles. The molecule has 0 atom stereocenters. The van der Waals surface area contributed by atoms with Crippen LogP contribution in [0.4, 0.5) is 17.1 Å². The van der Waals surface area contributed by atoms with Crippen molar-refractivity contribution < 1.29 is 0 Å². The molecule has 0 radical (unpaired) electrons. The fourth-order valence-electron chi connectivity index (χ4n) is 10.9. The van der Waals surface area contributed by atoms with Gasteiger partial charge in [0.05, 0.1) is 33.5 Å². The zero-order valence-electron chi connectivity index (χ0n) is 33.3. The third-order valence-electron chi connectivity index (χ3n) is 13.4. The summed E-state index contributed by atoms with van der Waals surface area (Å²) in [6.45, 7) is 0. The van der Waals surface area contributed by atoms with E-state index < -0.39 is 5.41 Å². The second-order valence-corrected chi connectivity index (χ2v) is 16.4. The van der Waals surface area contributed by atoms with Crippen LogP contribution < -0.4 is 4.90 Å². The minimum absolute atomic E-state index is 0.444. The van der Waals surface area contributed by atoms with Crippen molar-refractivity contribution in [2.45, 2.75) is 5.41 Å². The van der Waals surface area contributed by atoms with Crippen molar-refractivity contribution >= 4 is 49.6 Å². The maximum Gasteiger partial charge on any atom is 0.0754 e. The fourth-order valence-corrected chi connectivity index (χ4v) is 10.9. The Bertz CT molecular complexity index is 3490. The number of benzene rings is 10. The lowest BCUT2D eigenvalue weighted by Crippen LogP contribution is -2.33. The Morgan fingerprint density at radius 2 is 0.902 bits per heavy atom. The zero-order valence-corrected chi connectivity index (χ0v) is 33.3. The monoisotopic (exact) mass is 774 g/mol. The van der Waals surface area contributed by atoms with E-state index in [0.29, 0.717) is 0 Å². The van der Waals surface area contributed by atoms with Crippen LogP contribution in [0.2, 0.25) is 0 Å². The summed E-state index contributed by atoms with van der Waals surface area (Å²) in [6.07, 6.45) is 0. The Hall–Kier alpha value is -7.94. The average Bonchev–Trinajstić information content (AvgIpc) is 3.83. The van der Waals surface area contributed by atoms with E-state index in [0.717, 1.165) is 17.1 Å². The highest BCUT2D eigenvalue weighted by Crippen LogP contribution is 2.61. The number of anilines is 3. The van der Waals surface area contributed by atoms with Crippen molar-refractivity contribution in [3.05, 3.63) is 253 Å². The maximum atomic E-state index is 2.54. The molecular formula is C59H38N2. The first-order valence-electron chi connectivity index (χ1n) is 21.2. The summed E-state index contributed by atoms with van der Waals surface area (Å²) in [5.74, 6) is 0. The van der Waals surface area contributed by atoms with Crippen LogP contribution in [-0.4, -0.2) is 4.57 Å². The van der Waals surface area contributed by atoms with Crippen LogP contribution in [0.15, 0.2) is 231 Å². The molecule has 2 heterocycles. The van der Waals surface area contributed by atoms with Crippen molar-refractivity contribution in [1.82, 2.24) is 4.57 Å². The summed E-state index contributed by atoms with van der Waals surface area (Å²) in [7, 11) is 0. The van der Waals surface area contributed by atoms with E-state index >= 15 is 0 Å². The van der Waals surface area contributed by atoms with Gasteiger partial charge in [-0.05, 0) is 91.9 Å². The molecule has 0 saturated carbocycles. The van der Waals surface area contributed by atoms with Gasteiger partial charge in [0.15, 0.2) is 0 Å². The van der Waals surface area contributed by atoms with E-state index in [1.165, 1.54) is 93.9 Å². The van der Waals surface area contributed by atoms with E-state index in [2.05, 4.69) is 240 Å². The summed E-state index contributed by atoms with van der Waals surface area (Å²) in [5, 5.41) is 4.90. The Morgan fingerprint density at radius 1 is 0.344 bits per heavy atom. The number of hydrogen-bond acceptors (Lipinski definition) is 1. The van der Waals surface area contributed by atoms with E-state index in [1.54, 1.807) is 0 Å². The van der Waals surface area contributed by atoms with Crippen molar-refractivity contribution in [2.24, 2.45) is 0 Å². The van der Waals surface area contributed by atoms with Crippen LogP contribution in [0.5, 0.6) is 0 Å². The molecule has 2 aliphatic rings. The smallest absolute Gasteiger partial charge is 0.0754 e. The third-order valence-corrected chi connectivity index (χ3v) is 13.4. The number of aromatic nitrogens is 1. The Balaban J connectivity index is 1.07. The van der Waals surface area contributed by atoms with E-state index in [1.807, 2.05) is 0 Å². The van der Waals surface area contributed by atoms with Gasteiger partial charge in [-0.15, -0.1) is 0 Å². The Labute approximate surface area is 354 Å². The topological polar surface area (TPSA) is 8.17 Å². The lowest BCUT2D eigenvalue weighted by molar-refractivity contribution is 0.748. The molecule has 13 rings (SSSR count). The number of para-hydroxylation sites is 3. The van der Waals surface area contributed by atoms with Crippen molar-refractivity contribution in [1.29, 1.82) is 0 Å². The molecule has 1 aliphatic heterocycles. The van der Waals surface area contributed by atoms with Gasteiger partial charge in [0, 0.05) is 27.4 Å². The first kappa shape index (κ1) is 34.0. The molecule has 1 aliphatic carbocycles. The van der Waals surface area contributed by atoms with Gasteiger partial charge in [-0.1, -0.05) is 194 Å². The van der Waals surface area contributed by atoms with Gasteiger partial charge in [-0.2, -0.15) is 0 Å². The van der Waals surface area contributed by atoms with E-state index in [9.17, 15) is 0 Å². The predicted molar refractivity (Wildman–Crippen MR) is 255 cm³/mol. The molecule has 0 amide bonds. The standard InChI is InChI=1S/C59H38N2/c1-2-16-39(17-3-1)40-32-34-42(35-33-40)45-21-8-12-29-54(45)60(55-31-14-19-41-18-4-5-20-44(41)55)43-36-37-56-49(38-43)48-24-15-28-53-58(48)61(56)57-30-13-11-27-52(57)59(53)50-25-9-6-22-46(50)47-23-7-10-26-51(47)59/h1-38H. The number of rotatable bonds is 5. The number of nitrogens with zero attached hydrogens (tertiary/aromatic N) is 2. The summed E-state index contributed by atoms with van der Waals surface area (Å²) in [6, 6.07) is 85.3. The lowest BCUT2D eigenvalue weighted by atomic mass is 9.65. The van der Waals surface area contributed by atoms with E-state index in [4.69, 9.17) is 0 Å². The van der Waals surface area contributed by atoms with Crippen LogP contribution in [-0.2, 0) is 5.41 Å². The molecule has 10 aromatic carbocycles. The van der Waals surface area contributed by atoms with Crippen LogP contribution >= 0.6 is 0 Å². The van der Waals surface area contributed by atoms with Gasteiger partial charge >= 0.3 is 0 Å². The fraction of sp³-hybridized carbons (Fsp3) is 0.0169. The van der Waals surface area contributed by atoms with Gasteiger partial charge in [0.1, 0.15) is 0 Å². The molecule has 0 saturated heterocycles. The largest absolute Gasteiger partial charge is 0.309 e. The molecule has 0 bridgehead atoms. The summed E-state index contributed by atoms with van der Waals surface area (Å²) in [4.78, 5) is 2.48. The molecule has 284 valence electrons. The van der Waals surface area contributed by atoms with Crippen molar-refractivity contribution in [3.63, 3.8) is 0 Å².